The molecule has 0 unspecified atom stereocenters. The van der Waals surface area contributed by atoms with Gasteiger partial charge in [-0.2, -0.15) is 4.99 Å². The van der Waals surface area contributed by atoms with Crippen LogP contribution < -0.4 is 0 Å². The quantitative estimate of drug-likeness (QED) is 0.858. The smallest absolute Gasteiger partial charge is 0.283 e. The largest absolute Gasteiger partial charge is 0.465 e. The van der Waals surface area contributed by atoms with Crippen molar-refractivity contribution in [3.8, 4) is 0 Å². The van der Waals surface area contributed by atoms with Gasteiger partial charge in [0.1, 0.15) is 11.6 Å². The van der Waals surface area contributed by atoms with E-state index in [1.807, 2.05) is 35.7 Å². The predicted octanol–water partition coefficient (Wildman–Crippen LogP) is 3.58. The van der Waals surface area contributed by atoms with Crippen molar-refractivity contribution < 1.29 is 9.21 Å². The van der Waals surface area contributed by atoms with Crippen LogP contribution in [0.15, 0.2) is 69.1 Å². The molecule has 6 heteroatoms. The summed E-state index contributed by atoms with van der Waals surface area (Å²) in [5.74, 6) is 0.207. The number of benzene rings is 1. The maximum atomic E-state index is 12.2. The van der Waals surface area contributed by atoms with Crippen LogP contribution in [0.2, 0.25) is 0 Å². The van der Waals surface area contributed by atoms with Crippen LogP contribution in [0.4, 0.5) is 0 Å². The van der Waals surface area contributed by atoms with E-state index < -0.39 is 5.91 Å². The highest BCUT2D eigenvalue weighted by Crippen LogP contribution is 2.37. The first-order valence-corrected chi connectivity index (χ1v) is 7.81. The van der Waals surface area contributed by atoms with Gasteiger partial charge in [0.25, 0.3) is 5.91 Å². The summed E-state index contributed by atoms with van der Waals surface area (Å²) in [6.07, 6.45) is 3.08. The monoisotopic (exact) mass is 321 g/mol. The molecule has 0 atom stereocenters. The molecule has 1 amide bonds. The highest BCUT2D eigenvalue weighted by molar-refractivity contribution is 8.17. The Kier molecular flexibility index (Phi) is 3.24. The molecule has 112 valence electrons. The number of hydrogen-bond donors (Lipinski definition) is 1. The molecule has 1 N–H and O–H groups in total. The number of carbonyl (C=O) groups excluding carboxylic acids is 1. The molecule has 2 aliphatic rings. The van der Waals surface area contributed by atoms with Crippen molar-refractivity contribution in [2.24, 2.45) is 4.99 Å². The second-order valence-corrected chi connectivity index (χ2v) is 5.78. The molecule has 5 nitrogen and oxygen atoms in total. The number of amides is 1. The molecular formula is C17H11N3O2S. The number of rotatable bonds is 2. The SMILES string of the molecule is N=C1/C(=C\c2ccco2)C(=O)N=C2SC=C(c3ccccc3)N12. The Morgan fingerprint density at radius 3 is 2.74 bits per heavy atom. The average Bonchev–Trinajstić information content (AvgIpc) is 3.21. The van der Waals surface area contributed by atoms with Crippen LogP contribution >= 0.6 is 11.8 Å². The maximum Gasteiger partial charge on any atom is 0.283 e. The molecule has 3 heterocycles. The molecule has 0 spiro atoms. The third kappa shape index (κ3) is 2.33. The molecule has 4 rings (SSSR count). The minimum absolute atomic E-state index is 0.108. The van der Waals surface area contributed by atoms with Gasteiger partial charge in [-0.15, -0.1) is 0 Å². The van der Waals surface area contributed by atoms with Gasteiger partial charge in [0.05, 0.1) is 17.5 Å². The third-order valence-electron chi connectivity index (χ3n) is 3.51. The molecule has 0 aliphatic carbocycles. The van der Waals surface area contributed by atoms with Crippen molar-refractivity contribution in [3.63, 3.8) is 0 Å². The average molecular weight is 321 g/mol. The maximum absolute atomic E-state index is 12.2. The molecule has 2 aliphatic heterocycles. The van der Waals surface area contributed by atoms with Gasteiger partial charge >= 0.3 is 0 Å². The van der Waals surface area contributed by atoms with E-state index in [4.69, 9.17) is 9.83 Å². The molecule has 0 radical (unpaired) electrons. The highest BCUT2D eigenvalue weighted by atomic mass is 32.2. The van der Waals surface area contributed by atoms with Crippen LogP contribution in [-0.2, 0) is 4.79 Å². The number of hydrogen-bond acceptors (Lipinski definition) is 4. The summed E-state index contributed by atoms with van der Waals surface area (Å²) < 4.78 is 5.24. The number of fused-ring (bicyclic) bond motifs is 1. The van der Waals surface area contributed by atoms with E-state index in [9.17, 15) is 4.79 Å². The summed E-state index contributed by atoms with van der Waals surface area (Å²) in [6, 6.07) is 13.2. The Morgan fingerprint density at radius 2 is 2.00 bits per heavy atom. The first kappa shape index (κ1) is 13.8. The number of aliphatic imine (C=N–C) groups is 1. The number of nitrogens with zero attached hydrogens (tertiary/aromatic N) is 2. The summed E-state index contributed by atoms with van der Waals surface area (Å²) in [4.78, 5) is 18.0. The number of carbonyl (C=O) groups is 1. The summed E-state index contributed by atoms with van der Waals surface area (Å²) in [5, 5.41) is 10.9. The second kappa shape index (κ2) is 5.40. The van der Waals surface area contributed by atoms with E-state index in [0.717, 1.165) is 11.3 Å². The Morgan fingerprint density at radius 1 is 1.17 bits per heavy atom. The standard InChI is InChI=1S/C17H11N3O2S/c18-15-13(9-12-7-4-8-22-12)16(21)19-17-20(15)14(10-23-17)11-5-2-1-3-6-11/h1-10,18H/b13-9+,18-15?. The normalized spacial score (nSPS) is 19.0. The van der Waals surface area contributed by atoms with E-state index in [-0.39, 0.29) is 11.4 Å². The van der Waals surface area contributed by atoms with Gasteiger partial charge in [0.2, 0.25) is 0 Å². The van der Waals surface area contributed by atoms with Gasteiger partial charge in [0.15, 0.2) is 5.17 Å². The zero-order valence-corrected chi connectivity index (χ0v) is 12.7. The number of furan rings is 1. The Hall–Kier alpha value is -2.86. The van der Waals surface area contributed by atoms with Gasteiger partial charge in [-0.1, -0.05) is 42.1 Å². The summed E-state index contributed by atoms with van der Waals surface area (Å²) >= 11 is 1.35. The highest BCUT2D eigenvalue weighted by Gasteiger charge is 2.36. The van der Waals surface area contributed by atoms with E-state index in [0.29, 0.717) is 10.9 Å². The fourth-order valence-corrected chi connectivity index (χ4v) is 3.32. The van der Waals surface area contributed by atoms with Crippen molar-refractivity contribution in [3.05, 3.63) is 71.0 Å². The molecule has 23 heavy (non-hydrogen) atoms. The Bertz CT molecular complexity index is 880. The van der Waals surface area contributed by atoms with Crippen LogP contribution in [0.25, 0.3) is 11.8 Å². The number of nitrogens with one attached hydrogen (secondary N) is 1. The summed E-state index contributed by atoms with van der Waals surface area (Å²) in [7, 11) is 0. The third-order valence-corrected chi connectivity index (χ3v) is 4.34. The Balaban J connectivity index is 1.76. The lowest BCUT2D eigenvalue weighted by Gasteiger charge is -2.26. The zero-order chi connectivity index (χ0) is 15.8. The van der Waals surface area contributed by atoms with E-state index >= 15 is 0 Å². The fourth-order valence-electron chi connectivity index (χ4n) is 2.43. The summed E-state index contributed by atoms with van der Waals surface area (Å²) in [6.45, 7) is 0. The molecule has 0 saturated heterocycles. The second-order valence-electron chi connectivity index (χ2n) is 4.94. The molecular weight excluding hydrogens is 310 g/mol. The van der Waals surface area contributed by atoms with Crippen molar-refractivity contribution in [1.82, 2.24) is 4.90 Å². The minimum atomic E-state index is -0.423. The fraction of sp³-hybridized carbons (Fsp3) is 0. The lowest BCUT2D eigenvalue weighted by Crippen LogP contribution is -2.37. The number of thioether (sulfide) groups is 1. The molecule has 0 bridgehead atoms. The molecule has 0 saturated carbocycles. The van der Waals surface area contributed by atoms with Crippen molar-refractivity contribution in [2.45, 2.75) is 0 Å². The van der Waals surface area contributed by atoms with Gasteiger partial charge in [-0.25, -0.2) is 0 Å². The predicted molar refractivity (Wildman–Crippen MR) is 90.7 cm³/mol. The van der Waals surface area contributed by atoms with E-state index in [1.165, 1.54) is 18.0 Å². The Labute approximate surface area is 136 Å². The van der Waals surface area contributed by atoms with Crippen LogP contribution in [0.1, 0.15) is 11.3 Å². The van der Waals surface area contributed by atoms with Crippen LogP contribution in [0.3, 0.4) is 0 Å². The lowest BCUT2D eigenvalue weighted by atomic mass is 10.1. The molecule has 1 aromatic carbocycles. The molecule has 0 fully saturated rings. The van der Waals surface area contributed by atoms with Crippen molar-refractivity contribution in [1.29, 1.82) is 5.41 Å². The van der Waals surface area contributed by atoms with Gasteiger partial charge in [0, 0.05) is 5.41 Å². The lowest BCUT2D eigenvalue weighted by molar-refractivity contribution is -0.114. The van der Waals surface area contributed by atoms with Crippen LogP contribution in [0.5, 0.6) is 0 Å². The first-order chi connectivity index (χ1) is 11.2. The molecule has 1 aromatic heterocycles. The van der Waals surface area contributed by atoms with E-state index in [1.54, 1.807) is 23.1 Å². The topological polar surface area (TPSA) is 69.7 Å². The van der Waals surface area contributed by atoms with Gasteiger partial charge < -0.3 is 4.42 Å². The number of amidine groups is 2. The van der Waals surface area contributed by atoms with Crippen molar-refractivity contribution in [2.75, 3.05) is 0 Å². The summed E-state index contributed by atoms with van der Waals surface area (Å²) in [5.41, 5.74) is 2.03. The van der Waals surface area contributed by atoms with Crippen LogP contribution in [-0.4, -0.2) is 21.8 Å². The van der Waals surface area contributed by atoms with E-state index in [2.05, 4.69) is 4.99 Å². The first-order valence-electron chi connectivity index (χ1n) is 6.93. The molecule has 2 aromatic rings. The zero-order valence-electron chi connectivity index (χ0n) is 11.9. The van der Waals surface area contributed by atoms with Crippen molar-refractivity contribution >= 4 is 40.4 Å². The van der Waals surface area contributed by atoms with Crippen LogP contribution in [0, 0.1) is 5.41 Å². The van der Waals surface area contributed by atoms with Gasteiger partial charge in [-0.05, 0) is 23.8 Å². The minimum Gasteiger partial charge on any atom is -0.465 e. The van der Waals surface area contributed by atoms with Gasteiger partial charge in [-0.3, -0.25) is 15.1 Å².